The molecule has 0 unspecified atom stereocenters. The summed E-state index contributed by atoms with van der Waals surface area (Å²) in [5, 5.41) is 6.20. The Bertz CT molecular complexity index is 335. The number of rotatable bonds is 2. The van der Waals surface area contributed by atoms with Crippen LogP contribution in [-0.4, -0.2) is 28.8 Å². The smallest absolute Gasteiger partial charge is 0.334 e. The van der Waals surface area contributed by atoms with Crippen LogP contribution in [0.15, 0.2) is 23.7 Å². The van der Waals surface area contributed by atoms with E-state index in [4.69, 9.17) is 0 Å². The van der Waals surface area contributed by atoms with E-state index in [0.29, 0.717) is 11.4 Å². The summed E-state index contributed by atoms with van der Waals surface area (Å²) in [5.41, 5.74) is 3.53. The number of urea groups is 1. The van der Waals surface area contributed by atoms with Gasteiger partial charge in [-0.25, -0.2) is 10.2 Å². The van der Waals surface area contributed by atoms with Gasteiger partial charge in [0.2, 0.25) is 0 Å². The summed E-state index contributed by atoms with van der Waals surface area (Å²) in [6.45, 7) is 1.74. The number of amides is 2. The minimum atomic E-state index is -0.367. The molecular formula is C8H11N5O. The van der Waals surface area contributed by atoms with Gasteiger partial charge >= 0.3 is 6.03 Å². The Hall–Kier alpha value is -1.98. The molecule has 0 atom stereocenters. The van der Waals surface area contributed by atoms with E-state index in [9.17, 15) is 4.79 Å². The molecule has 0 aliphatic rings. The number of carbonyl (C=O) groups excluding carboxylic acids is 1. The van der Waals surface area contributed by atoms with Gasteiger partial charge in [0.25, 0.3) is 0 Å². The van der Waals surface area contributed by atoms with Crippen molar-refractivity contribution in [2.24, 2.45) is 5.10 Å². The fraction of sp³-hybridized carbons (Fsp3) is 0.250. The van der Waals surface area contributed by atoms with E-state index < -0.39 is 0 Å². The van der Waals surface area contributed by atoms with Crippen LogP contribution in [0, 0.1) is 0 Å². The molecule has 74 valence electrons. The highest BCUT2D eigenvalue weighted by molar-refractivity contribution is 5.97. The lowest BCUT2D eigenvalue weighted by Gasteiger charge is -2.00. The van der Waals surface area contributed by atoms with E-state index in [1.54, 1.807) is 25.5 Å². The lowest BCUT2D eigenvalue weighted by atomic mass is 10.3. The van der Waals surface area contributed by atoms with Gasteiger partial charge in [-0.05, 0) is 6.92 Å². The molecule has 0 aromatic carbocycles. The molecule has 0 aliphatic heterocycles. The van der Waals surface area contributed by atoms with E-state index in [0.717, 1.165) is 0 Å². The van der Waals surface area contributed by atoms with Gasteiger partial charge in [0.1, 0.15) is 5.69 Å². The maximum absolute atomic E-state index is 10.8. The molecule has 1 rings (SSSR count). The predicted molar refractivity (Wildman–Crippen MR) is 51.8 cm³/mol. The monoisotopic (exact) mass is 193 g/mol. The highest BCUT2D eigenvalue weighted by Gasteiger charge is 1.98. The largest absolute Gasteiger partial charge is 0.340 e. The molecule has 0 spiro atoms. The van der Waals surface area contributed by atoms with Crippen LogP contribution in [0.25, 0.3) is 0 Å². The molecule has 6 heteroatoms. The lowest BCUT2D eigenvalue weighted by molar-refractivity contribution is 0.243. The number of carbonyl (C=O) groups is 1. The summed E-state index contributed by atoms with van der Waals surface area (Å²) in [6, 6.07) is -0.367. The molecule has 1 heterocycles. The quantitative estimate of drug-likeness (QED) is 0.517. The van der Waals surface area contributed by atoms with E-state index >= 15 is 0 Å². The fourth-order valence-electron chi connectivity index (χ4n) is 0.734. The molecular weight excluding hydrogens is 182 g/mol. The summed E-state index contributed by atoms with van der Waals surface area (Å²) < 4.78 is 0. The first-order valence-corrected chi connectivity index (χ1v) is 4.02. The molecule has 14 heavy (non-hydrogen) atoms. The molecule has 6 nitrogen and oxygen atoms in total. The number of nitrogens with one attached hydrogen (secondary N) is 2. The third kappa shape index (κ3) is 2.81. The maximum Gasteiger partial charge on any atom is 0.334 e. The minimum Gasteiger partial charge on any atom is -0.340 e. The van der Waals surface area contributed by atoms with Crippen molar-refractivity contribution in [3.05, 3.63) is 24.3 Å². The summed E-state index contributed by atoms with van der Waals surface area (Å²) in [7, 11) is 1.52. The second-order valence-electron chi connectivity index (χ2n) is 2.48. The van der Waals surface area contributed by atoms with Gasteiger partial charge < -0.3 is 5.32 Å². The molecule has 0 bridgehead atoms. The summed E-state index contributed by atoms with van der Waals surface area (Å²) in [4.78, 5) is 18.7. The van der Waals surface area contributed by atoms with Crippen LogP contribution in [0.2, 0.25) is 0 Å². The Morgan fingerprint density at radius 1 is 1.50 bits per heavy atom. The Balaban J connectivity index is 2.66. The fourth-order valence-corrected chi connectivity index (χ4v) is 0.734. The lowest BCUT2D eigenvalue weighted by Crippen LogP contribution is -2.29. The van der Waals surface area contributed by atoms with Crippen molar-refractivity contribution in [3.63, 3.8) is 0 Å². The average molecular weight is 193 g/mol. The Morgan fingerprint density at radius 2 is 2.29 bits per heavy atom. The third-order valence-corrected chi connectivity index (χ3v) is 1.49. The second-order valence-corrected chi connectivity index (χ2v) is 2.48. The molecule has 0 saturated heterocycles. The normalized spacial score (nSPS) is 10.9. The standard InChI is InChI=1S/C8H11N5O/c1-6(12-13-8(14)9-2)7-5-10-3-4-11-7/h3-5H,1-2H3,(H2,9,13,14)/b12-6+. The van der Waals surface area contributed by atoms with Gasteiger partial charge in [-0.3, -0.25) is 9.97 Å². The number of aromatic nitrogens is 2. The highest BCUT2D eigenvalue weighted by Crippen LogP contribution is 1.92. The Labute approximate surface area is 81.5 Å². The van der Waals surface area contributed by atoms with Crippen molar-refractivity contribution in [3.8, 4) is 0 Å². The zero-order valence-corrected chi connectivity index (χ0v) is 7.98. The second kappa shape index (κ2) is 4.90. The van der Waals surface area contributed by atoms with Gasteiger partial charge in [-0.2, -0.15) is 5.10 Å². The average Bonchev–Trinajstić information content (AvgIpc) is 2.26. The van der Waals surface area contributed by atoms with Gasteiger partial charge in [-0.1, -0.05) is 0 Å². The summed E-state index contributed by atoms with van der Waals surface area (Å²) in [6.07, 6.45) is 4.71. The Morgan fingerprint density at radius 3 is 2.86 bits per heavy atom. The molecule has 1 aromatic heterocycles. The zero-order valence-electron chi connectivity index (χ0n) is 7.98. The van der Waals surface area contributed by atoms with Crippen molar-refractivity contribution in [2.75, 3.05) is 7.05 Å². The van der Waals surface area contributed by atoms with E-state index in [2.05, 4.69) is 25.8 Å². The van der Waals surface area contributed by atoms with E-state index in [1.165, 1.54) is 7.05 Å². The van der Waals surface area contributed by atoms with Crippen LogP contribution < -0.4 is 10.7 Å². The number of hydrogen-bond acceptors (Lipinski definition) is 4. The van der Waals surface area contributed by atoms with Crippen molar-refractivity contribution < 1.29 is 4.79 Å². The summed E-state index contributed by atoms with van der Waals surface area (Å²) in [5.74, 6) is 0. The number of hydrazone groups is 1. The number of hydrogen-bond donors (Lipinski definition) is 2. The van der Waals surface area contributed by atoms with Crippen LogP contribution in [0.5, 0.6) is 0 Å². The third-order valence-electron chi connectivity index (χ3n) is 1.49. The SMILES string of the molecule is CNC(=O)N/N=C(\C)c1cnccn1. The Kier molecular flexibility index (Phi) is 3.54. The minimum absolute atomic E-state index is 0.367. The molecule has 0 fully saturated rings. The molecule has 2 amide bonds. The molecule has 2 N–H and O–H groups in total. The topological polar surface area (TPSA) is 79.3 Å². The van der Waals surface area contributed by atoms with E-state index in [1.807, 2.05) is 0 Å². The van der Waals surface area contributed by atoms with Gasteiger partial charge in [0, 0.05) is 19.4 Å². The first-order chi connectivity index (χ1) is 6.74. The summed E-state index contributed by atoms with van der Waals surface area (Å²) >= 11 is 0. The van der Waals surface area contributed by atoms with Crippen molar-refractivity contribution in [1.29, 1.82) is 0 Å². The molecule has 0 radical (unpaired) electrons. The zero-order chi connectivity index (χ0) is 10.4. The van der Waals surface area contributed by atoms with Crippen LogP contribution >= 0.6 is 0 Å². The molecule has 0 aliphatic carbocycles. The highest BCUT2D eigenvalue weighted by atomic mass is 16.2. The van der Waals surface area contributed by atoms with Crippen LogP contribution in [0.3, 0.4) is 0 Å². The predicted octanol–water partition coefficient (Wildman–Crippen LogP) is 0.130. The van der Waals surface area contributed by atoms with Crippen LogP contribution in [0.4, 0.5) is 4.79 Å². The van der Waals surface area contributed by atoms with Gasteiger partial charge in [0.05, 0.1) is 11.9 Å². The van der Waals surface area contributed by atoms with Crippen molar-refractivity contribution in [1.82, 2.24) is 20.7 Å². The van der Waals surface area contributed by atoms with Crippen LogP contribution in [-0.2, 0) is 0 Å². The first kappa shape index (κ1) is 10.1. The van der Waals surface area contributed by atoms with Crippen LogP contribution in [0.1, 0.15) is 12.6 Å². The van der Waals surface area contributed by atoms with Gasteiger partial charge in [-0.15, -0.1) is 0 Å². The van der Waals surface area contributed by atoms with E-state index in [-0.39, 0.29) is 6.03 Å². The number of nitrogens with zero attached hydrogens (tertiary/aromatic N) is 3. The van der Waals surface area contributed by atoms with Crippen molar-refractivity contribution >= 4 is 11.7 Å². The molecule has 1 aromatic rings. The van der Waals surface area contributed by atoms with Gasteiger partial charge in [0.15, 0.2) is 0 Å². The first-order valence-electron chi connectivity index (χ1n) is 4.02. The van der Waals surface area contributed by atoms with Crippen molar-refractivity contribution in [2.45, 2.75) is 6.92 Å². The maximum atomic E-state index is 10.8. The molecule has 0 saturated carbocycles.